The maximum absolute atomic E-state index is 13.3. The number of benzene rings is 1. The summed E-state index contributed by atoms with van der Waals surface area (Å²) in [6, 6.07) is 6.23. The molecule has 1 aromatic heterocycles. The molecule has 2 rings (SSSR count). The fraction of sp³-hybridized carbons (Fsp3) is 0.100. The number of carboxylic acids is 1. The topological polar surface area (TPSA) is 68.0 Å². The second-order valence-electron chi connectivity index (χ2n) is 3.20. The highest BCUT2D eigenvalue weighted by molar-refractivity contribution is 5.85. The molecule has 0 radical (unpaired) electrons. The van der Waals surface area contributed by atoms with Crippen LogP contribution in [0.2, 0.25) is 0 Å². The van der Waals surface area contributed by atoms with Crippen molar-refractivity contribution < 1.29 is 14.3 Å². The molecule has 0 aliphatic heterocycles. The Kier molecular flexibility index (Phi) is 4.17. The van der Waals surface area contributed by atoms with Gasteiger partial charge in [-0.3, -0.25) is 0 Å². The molecular formula is C10H9ClFN3O2. The van der Waals surface area contributed by atoms with Gasteiger partial charge in [0.1, 0.15) is 5.82 Å². The monoisotopic (exact) mass is 257 g/mol. The fourth-order valence-electron chi connectivity index (χ4n) is 1.27. The van der Waals surface area contributed by atoms with Crippen LogP contribution in [0.5, 0.6) is 0 Å². The van der Waals surface area contributed by atoms with Crippen LogP contribution in [0.15, 0.2) is 30.5 Å². The van der Waals surface area contributed by atoms with E-state index in [0.717, 1.165) is 0 Å². The first kappa shape index (κ1) is 13.1. The van der Waals surface area contributed by atoms with Crippen molar-refractivity contribution in [2.45, 2.75) is 6.54 Å². The molecule has 7 heteroatoms. The SMILES string of the molecule is Cl.O=C(O)c1cn(Cc2ccccc2F)nn1. The van der Waals surface area contributed by atoms with Gasteiger partial charge in [0.15, 0.2) is 5.69 Å². The maximum Gasteiger partial charge on any atom is 0.358 e. The minimum Gasteiger partial charge on any atom is -0.476 e. The molecule has 2 aromatic rings. The van der Waals surface area contributed by atoms with E-state index in [2.05, 4.69) is 10.3 Å². The van der Waals surface area contributed by atoms with Crippen molar-refractivity contribution in [2.24, 2.45) is 0 Å². The number of carboxylic acid groups (broad SMARTS) is 1. The molecule has 0 saturated heterocycles. The Labute approximate surface area is 102 Å². The lowest BCUT2D eigenvalue weighted by Gasteiger charge is -2.01. The first-order valence-corrected chi connectivity index (χ1v) is 4.53. The molecule has 1 heterocycles. The normalized spacial score (nSPS) is 9.71. The molecule has 90 valence electrons. The van der Waals surface area contributed by atoms with Crippen LogP contribution >= 0.6 is 12.4 Å². The molecule has 0 spiro atoms. The predicted molar refractivity (Wildman–Crippen MR) is 59.7 cm³/mol. The minimum atomic E-state index is -1.15. The van der Waals surface area contributed by atoms with Crippen LogP contribution in [-0.2, 0) is 6.54 Å². The van der Waals surface area contributed by atoms with Crippen LogP contribution in [0.4, 0.5) is 4.39 Å². The first-order valence-electron chi connectivity index (χ1n) is 4.53. The second kappa shape index (κ2) is 5.40. The van der Waals surface area contributed by atoms with E-state index in [0.29, 0.717) is 5.56 Å². The largest absolute Gasteiger partial charge is 0.476 e. The number of nitrogens with zero attached hydrogens (tertiary/aromatic N) is 3. The fourth-order valence-corrected chi connectivity index (χ4v) is 1.27. The van der Waals surface area contributed by atoms with E-state index in [1.54, 1.807) is 18.2 Å². The molecule has 0 aliphatic rings. The van der Waals surface area contributed by atoms with E-state index in [4.69, 9.17) is 5.11 Å². The van der Waals surface area contributed by atoms with Crippen LogP contribution in [0, 0.1) is 5.82 Å². The van der Waals surface area contributed by atoms with Crippen molar-refractivity contribution in [1.82, 2.24) is 15.0 Å². The van der Waals surface area contributed by atoms with E-state index < -0.39 is 5.97 Å². The molecular weight excluding hydrogens is 249 g/mol. The van der Waals surface area contributed by atoms with Crippen molar-refractivity contribution in [3.8, 4) is 0 Å². The molecule has 0 amide bonds. The van der Waals surface area contributed by atoms with Gasteiger partial charge in [-0.2, -0.15) is 0 Å². The van der Waals surface area contributed by atoms with Crippen LogP contribution in [0.1, 0.15) is 16.1 Å². The minimum absolute atomic E-state index is 0. The zero-order valence-electron chi connectivity index (χ0n) is 8.58. The smallest absolute Gasteiger partial charge is 0.358 e. The van der Waals surface area contributed by atoms with E-state index in [9.17, 15) is 9.18 Å². The molecule has 0 unspecified atom stereocenters. The Morgan fingerprint density at radius 2 is 2.12 bits per heavy atom. The quantitative estimate of drug-likeness (QED) is 0.907. The summed E-state index contributed by atoms with van der Waals surface area (Å²) in [7, 11) is 0. The Morgan fingerprint density at radius 3 is 2.71 bits per heavy atom. The highest BCUT2D eigenvalue weighted by Crippen LogP contribution is 2.07. The second-order valence-corrected chi connectivity index (χ2v) is 3.20. The van der Waals surface area contributed by atoms with Gasteiger partial charge in [-0.25, -0.2) is 13.9 Å². The maximum atomic E-state index is 13.3. The lowest BCUT2D eigenvalue weighted by Crippen LogP contribution is -2.02. The number of carbonyl (C=O) groups is 1. The van der Waals surface area contributed by atoms with Crippen molar-refractivity contribution in [3.05, 3.63) is 47.5 Å². The average molecular weight is 258 g/mol. The Morgan fingerprint density at radius 1 is 1.41 bits per heavy atom. The molecule has 0 fully saturated rings. The van der Waals surface area contributed by atoms with Gasteiger partial charge < -0.3 is 5.11 Å². The third-order valence-corrected chi connectivity index (χ3v) is 2.05. The van der Waals surface area contributed by atoms with Crippen LogP contribution in [0.3, 0.4) is 0 Å². The van der Waals surface area contributed by atoms with Gasteiger partial charge in [-0.1, -0.05) is 23.4 Å². The summed E-state index contributed by atoms with van der Waals surface area (Å²) in [6.45, 7) is 0.160. The third-order valence-electron chi connectivity index (χ3n) is 2.05. The van der Waals surface area contributed by atoms with Gasteiger partial charge in [0, 0.05) is 5.56 Å². The molecule has 0 bridgehead atoms. The van der Waals surface area contributed by atoms with Gasteiger partial charge in [0.05, 0.1) is 12.7 Å². The number of hydrogen-bond donors (Lipinski definition) is 1. The van der Waals surface area contributed by atoms with Gasteiger partial charge in [0.2, 0.25) is 0 Å². The van der Waals surface area contributed by atoms with Gasteiger partial charge >= 0.3 is 5.97 Å². The van der Waals surface area contributed by atoms with Crippen molar-refractivity contribution in [2.75, 3.05) is 0 Å². The first-order chi connectivity index (χ1) is 7.66. The number of rotatable bonds is 3. The van der Waals surface area contributed by atoms with E-state index in [1.807, 2.05) is 0 Å². The highest BCUT2D eigenvalue weighted by Gasteiger charge is 2.09. The highest BCUT2D eigenvalue weighted by atomic mass is 35.5. The summed E-state index contributed by atoms with van der Waals surface area (Å²) >= 11 is 0. The number of aromatic carboxylic acids is 1. The zero-order valence-corrected chi connectivity index (χ0v) is 9.39. The van der Waals surface area contributed by atoms with Gasteiger partial charge in [-0.15, -0.1) is 17.5 Å². The number of halogens is 2. The third kappa shape index (κ3) is 3.01. The summed E-state index contributed by atoms with van der Waals surface area (Å²) in [5, 5.41) is 15.7. The number of aromatic nitrogens is 3. The lowest BCUT2D eigenvalue weighted by molar-refractivity contribution is 0.0690. The molecule has 1 aromatic carbocycles. The van der Waals surface area contributed by atoms with Crippen molar-refractivity contribution in [3.63, 3.8) is 0 Å². The van der Waals surface area contributed by atoms with E-state index in [-0.39, 0.29) is 30.5 Å². The van der Waals surface area contributed by atoms with Crippen LogP contribution in [-0.4, -0.2) is 26.1 Å². The standard InChI is InChI=1S/C10H8FN3O2.ClH/c11-8-4-2-1-3-7(8)5-14-6-9(10(15)16)12-13-14;/h1-4,6H,5H2,(H,15,16);1H. The molecule has 5 nitrogen and oxygen atoms in total. The molecule has 1 N–H and O–H groups in total. The summed E-state index contributed by atoms with van der Waals surface area (Å²) in [6.07, 6.45) is 1.26. The molecule has 17 heavy (non-hydrogen) atoms. The molecule has 0 aliphatic carbocycles. The molecule has 0 saturated carbocycles. The number of hydrogen-bond acceptors (Lipinski definition) is 3. The van der Waals surface area contributed by atoms with Gasteiger partial charge in [-0.05, 0) is 6.07 Å². The zero-order chi connectivity index (χ0) is 11.5. The van der Waals surface area contributed by atoms with Crippen molar-refractivity contribution in [1.29, 1.82) is 0 Å². The lowest BCUT2D eigenvalue weighted by atomic mass is 10.2. The average Bonchev–Trinajstić information content (AvgIpc) is 2.70. The Hall–Kier alpha value is -1.95. The molecule has 0 atom stereocenters. The van der Waals surface area contributed by atoms with Crippen molar-refractivity contribution >= 4 is 18.4 Å². The van der Waals surface area contributed by atoms with Gasteiger partial charge in [0.25, 0.3) is 0 Å². The summed E-state index contributed by atoms with van der Waals surface area (Å²) in [5.74, 6) is -1.50. The predicted octanol–water partition coefficient (Wildman–Crippen LogP) is 1.59. The Balaban J connectivity index is 0.00000144. The van der Waals surface area contributed by atoms with E-state index in [1.165, 1.54) is 16.9 Å². The Bertz CT molecular complexity index is 530. The van der Waals surface area contributed by atoms with E-state index >= 15 is 0 Å². The van der Waals surface area contributed by atoms with Crippen LogP contribution in [0.25, 0.3) is 0 Å². The summed E-state index contributed by atoms with van der Waals surface area (Å²) < 4.78 is 14.5. The van der Waals surface area contributed by atoms with Crippen LogP contribution < -0.4 is 0 Å². The summed E-state index contributed by atoms with van der Waals surface area (Å²) in [4.78, 5) is 10.5. The summed E-state index contributed by atoms with van der Waals surface area (Å²) in [5.41, 5.74) is 0.278.